The third-order valence-electron chi connectivity index (χ3n) is 5.05. The highest BCUT2D eigenvalue weighted by atomic mass is 35.5. The summed E-state index contributed by atoms with van der Waals surface area (Å²) in [5.74, 6) is -0.636. The van der Waals surface area contributed by atoms with Crippen molar-refractivity contribution >= 4 is 40.5 Å². The van der Waals surface area contributed by atoms with Crippen LogP contribution < -0.4 is 10.2 Å². The van der Waals surface area contributed by atoms with E-state index in [0.717, 1.165) is 5.69 Å². The second-order valence-corrected chi connectivity index (χ2v) is 7.54. The quantitative estimate of drug-likeness (QED) is 0.524. The second kappa shape index (κ2) is 7.52. The molecule has 0 bridgehead atoms. The minimum absolute atomic E-state index is 0.115. The Hall–Kier alpha value is -1.67. The Morgan fingerprint density at radius 1 is 1.46 bits per heavy atom. The van der Waals surface area contributed by atoms with E-state index in [4.69, 9.17) is 23.8 Å². The fraction of sp³-hybridized carbons (Fsp3) is 0.444. The number of halogens is 1. The standard InChI is InChI=1S/C18H22ClN3O3S/c1-3-8-21(2)17(25)12-9-13(23)16(24)14-15(12)22(18(26)20-14)11-6-4-10(19)5-7-11/h3-7,12-16,23-24H,1,8-9H2,2H3,(H,20,26). The summed E-state index contributed by atoms with van der Waals surface area (Å²) in [5, 5.41) is 24.8. The molecular weight excluding hydrogens is 374 g/mol. The topological polar surface area (TPSA) is 76.0 Å². The molecule has 1 aromatic rings. The number of nitrogens with one attached hydrogen (secondary N) is 1. The number of likely N-dealkylation sites (N-methyl/N-ethyl adjacent to an activating group) is 1. The molecule has 3 N–H and O–H groups in total. The Morgan fingerprint density at radius 3 is 2.73 bits per heavy atom. The smallest absolute Gasteiger partial charge is 0.227 e. The minimum Gasteiger partial charge on any atom is -0.390 e. The Balaban J connectivity index is 1.99. The number of hydrogen-bond donors (Lipinski definition) is 3. The molecule has 26 heavy (non-hydrogen) atoms. The molecule has 1 saturated heterocycles. The summed E-state index contributed by atoms with van der Waals surface area (Å²) < 4.78 is 0. The zero-order chi connectivity index (χ0) is 19.0. The van der Waals surface area contributed by atoms with E-state index in [1.165, 1.54) is 0 Å². The van der Waals surface area contributed by atoms with Gasteiger partial charge in [0, 0.05) is 24.3 Å². The van der Waals surface area contributed by atoms with Crippen LogP contribution in [0.1, 0.15) is 6.42 Å². The number of fused-ring (bicyclic) bond motifs is 1. The van der Waals surface area contributed by atoms with Crippen LogP contribution >= 0.6 is 23.8 Å². The minimum atomic E-state index is -1.01. The molecule has 1 heterocycles. The van der Waals surface area contributed by atoms with Crippen molar-refractivity contribution in [3.05, 3.63) is 41.9 Å². The van der Waals surface area contributed by atoms with Crippen LogP contribution in [-0.2, 0) is 4.79 Å². The number of aliphatic hydroxyl groups is 2. The fourth-order valence-electron chi connectivity index (χ4n) is 3.79. The van der Waals surface area contributed by atoms with E-state index >= 15 is 0 Å². The van der Waals surface area contributed by atoms with Crippen molar-refractivity contribution < 1.29 is 15.0 Å². The van der Waals surface area contributed by atoms with Crippen LogP contribution in [0.15, 0.2) is 36.9 Å². The summed E-state index contributed by atoms with van der Waals surface area (Å²) in [6.07, 6.45) is -0.193. The predicted molar refractivity (Wildman–Crippen MR) is 105 cm³/mol. The lowest BCUT2D eigenvalue weighted by atomic mass is 9.77. The number of nitrogens with zero attached hydrogens (tertiary/aromatic N) is 2. The summed E-state index contributed by atoms with van der Waals surface area (Å²) in [5.41, 5.74) is 0.784. The molecule has 2 fully saturated rings. The van der Waals surface area contributed by atoms with Crippen molar-refractivity contribution in [2.75, 3.05) is 18.5 Å². The SMILES string of the molecule is C=CCN(C)C(=O)C1CC(O)C(O)C2NC(=S)N(c3ccc(Cl)cc3)C12. The van der Waals surface area contributed by atoms with Crippen LogP contribution in [-0.4, -0.2) is 64.0 Å². The van der Waals surface area contributed by atoms with Gasteiger partial charge in [-0.05, 0) is 42.9 Å². The van der Waals surface area contributed by atoms with E-state index < -0.39 is 30.2 Å². The van der Waals surface area contributed by atoms with Crippen molar-refractivity contribution in [3.63, 3.8) is 0 Å². The van der Waals surface area contributed by atoms with E-state index in [0.29, 0.717) is 16.7 Å². The van der Waals surface area contributed by atoms with Crippen molar-refractivity contribution in [1.82, 2.24) is 10.2 Å². The van der Waals surface area contributed by atoms with Gasteiger partial charge in [-0.1, -0.05) is 17.7 Å². The normalized spacial score (nSPS) is 30.5. The Labute approximate surface area is 163 Å². The zero-order valence-corrected chi connectivity index (χ0v) is 16.0. The van der Waals surface area contributed by atoms with E-state index in [2.05, 4.69) is 11.9 Å². The van der Waals surface area contributed by atoms with Crippen LogP contribution in [0.3, 0.4) is 0 Å². The van der Waals surface area contributed by atoms with Gasteiger partial charge in [0.2, 0.25) is 5.91 Å². The summed E-state index contributed by atoms with van der Waals surface area (Å²) >= 11 is 11.4. The average molecular weight is 396 g/mol. The summed E-state index contributed by atoms with van der Waals surface area (Å²) in [7, 11) is 1.70. The van der Waals surface area contributed by atoms with Crippen molar-refractivity contribution in [1.29, 1.82) is 0 Å². The maximum atomic E-state index is 13.0. The highest BCUT2D eigenvalue weighted by molar-refractivity contribution is 7.80. The van der Waals surface area contributed by atoms with Gasteiger partial charge in [-0.3, -0.25) is 4.79 Å². The zero-order valence-electron chi connectivity index (χ0n) is 14.4. The van der Waals surface area contributed by atoms with Gasteiger partial charge in [-0.2, -0.15) is 0 Å². The maximum Gasteiger partial charge on any atom is 0.227 e. The fourth-order valence-corrected chi connectivity index (χ4v) is 4.28. The lowest BCUT2D eigenvalue weighted by molar-refractivity contribution is -0.139. The highest BCUT2D eigenvalue weighted by Crippen LogP contribution is 2.37. The van der Waals surface area contributed by atoms with Gasteiger partial charge in [0.1, 0.15) is 6.10 Å². The molecule has 1 aliphatic carbocycles. The number of hydrogen-bond acceptors (Lipinski definition) is 4. The number of carbonyl (C=O) groups excluding carboxylic acids is 1. The van der Waals surface area contributed by atoms with Gasteiger partial charge in [-0.25, -0.2) is 0 Å². The molecule has 1 aliphatic heterocycles. The first-order chi connectivity index (χ1) is 12.3. The number of benzene rings is 1. The lowest BCUT2D eigenvalue weighted by Crippen LogP contribution is -2.61. The molecule has 6 nitrogen and oxygen atoms in total. The van der Waals surface area contributed by atoms with Gasteiger partial charge < -0.3 is 25.3 Å². The largest absolute Gasteiger partial charge is 0.390 e. The van der Waals surface area contributed by atoms with Gasteiger partial charge >= 0.3 is 0 Å². The monoisotopic (exact) mass is 395 g/mol. The van der Waals surface area contributed by atoms with Gasteiger partial charge in [0.25, 0.3) is 0 Å². The van der Waals surface area contributed by atoms with Crippen LogP contribution in [0.2, 0.25) is 5.02 Å². The third kappa shape index (κ3) is 3.32. The molecule has 0 aromatic heterocycles. The number of amides is 1. The van der Waals surface area contributed by atoms with Crippen LogP contribution in [0, 0.1) is 5.92 Å². The van der Waals surface area contributed by atoms with Crippen molar-refractivity contribution in [2.45, 2.75) is 30.7 Å². The maximum absolute atomic E-state index is 13.0. The molecular formula is C18H22ClN3O3S. The first-order valence-corrected chi connectivity index (χ1v) is 9.21. The van der Waals surface area contributed by atoms with Gasteiger partial charge in [0.15, 0.2) is 5.11 Å². The summed E-state index contributed by atoms with van der Waals surface area (Å²) in [6.45, 7) is 4.07. The van der Waals surface area contributed by atoms with E-state index in [1.807, 2.05) is 17.0 Å². The van der Waals surface area contributed by atoms with Crippen LogP contribution in [0.25, 0.3) is 0 Å². The molecule has 5 unspecified atom stereocenters. The summed E-state index contributed by atoms with van der Waals surface area (Å²) in [4.78, 5) is 16.4. The second-order valence-electron chi connectivity index (χ2n) is 6.72. The molecule has 8 heteroatoms. The van der Waals surface area contributed by atoms with Crippen molar-refractivity contribution in [2.24, 2.45) is 5.92 Å². The Bertz CT molecular complexity index is 714. The molecule has 3 rings (SSSR count). The van der Waals surface area contributed by atoms with Gasteiger partial charge in [-0.15, -0.1) is 6.58 Å². The van der Waals surface area contributed by atoms with E-state index in [1.54, 1.807) is 30.2 Å². The number of rotatable bonds is 4. The van der Waals surface area contributed by atoms with E-state index in [9.17, 15) is 15.0 Å². The first-order valence-electron chi connectivity index (χ1n) is 8.42. The number of anilines is 1. The number of aliphatic hydroxyl groups excluding tert-OH is 2. The third-order valence-corrected chi connectivity index (χ3v) is 5.61. The Morgan fingerprint density at radius 2 is 2.12 bits per heavy atom. The molecule has 5 atom stereocenters. The molecule has 1 amide bonds. The van der Waals surface area contributed by atoms with Crippen LogP contribution in [0.4, 0.5) is 5.69 Å². The first kappa shape index (κ1) is 19.1. The van der Waals surface area contributed by atoms with Crippen LogP contribution in [0.5, 0.6) is 0 Å². The van der Waals surface area contributed by atoms with Crippen molar-refractivity contribution in [3.8, 4) is 0 Å². The molecule has 0 spiro atoms. The van der Waals surface area contributed by atoms with Gasteiger partial charge in [0.05, 0.1) is 24.1 Å². The van der Waals surface area contributed by atoms with E-state index in [-0.39, 0.29) is 12.3 Å². The predicted octanol–water partition coefficient (Wildman–Crippen LogP) is 1.16. The Kier molecular flexibility index (Phi) is 5.53. The highest BCUT2D eigenvalue weighted by Gasteiger charge is 2.54. The molecule has 2 aliphatic rings. The summed E-state index contributed by atoms with van der Waals surface area (Å²) in [6, 6.07) is 6.22. The molecule has 1 saturated carbocycles. The number of carbonyl (C=O) groups is 1. The average Bonchev–Trinajstić information content (AvgIpc) is 2.96. The molecule has 0 radical (unpaired) electrons. The molecule has 140 valence electrons. The molecule has 1 aromatic carbocycles. The number of thiocarbonyl (C=S) groups is 1. The lowest BCUT2D eigenvalue weighted by Gasteiger charge is -2.42.